The summed E-state index contributed by atoms with van der Waals surface area (Å²) in [6.07, 6.45) is 2.01. The van der Waals surface area contributed by atoms with Gasteiger partial charge in [0.1, 0.15) is 0 Å². The molecule has 0 aliphatic heterocycles. The number of aromatic nitrogens is 2. The highest BCUT2D eigenvalue weighted by atomic mass is 35.5. The van der Waals surface area contributed by atoms with Crippen molar-refractivity contribution in [1.82, 2.24) is 4.73 Å². The molecule has 4 nitrogen and oxygen atoms in total. The minimum atomic E-state index is -0.168. The second-order valence-electron chi connectivity index (χ2n) is 7.32. The van der Waals surface area contributed by atoms with E-state index in [1.54, 1.807) is 24.3 Å². The summed E-state index contributed by atoms with van der Waals surface area (Å²) in [5, 5.41) is 24.2. The van der Waals surface area contributed by atoms with Crippen molar-refractivity contribution in [3.63, 3.8) is 0 Å². The summed E-state index contributed by atoms with van der Waals surface area (Å²) in [5.41, 5.74) is 2.03. The Morgan fingerprint density at radius 1 is 1.27 bits per heavy atom. The number of benzene rings is 1. The molecule has 2 bridgehead atoms. The lowest BCUT2D eigenvalue weighted by molar-refractivity contribution is -0.604. The molecule has 2 aliphatic carbocycles. The monoisotopic (exact) mass is 318 g/mol. The molecule has 2 atom stereocenters. The molecular weight excluding hydrogens is 300 g/mol. The molecule has 0 radical (unpaired) electrons. The Bertz CT molecular complexity index is 779. The van der Waals surface area contributed by atoms with Crippen LogP contribution < -0.4 is 4.73 Å². The maximum atomic E-state index is 12.9. The van der Waals surface area contributed by atoms with Gasteiger partial charge >= 0.3 is 5.82 Å². The Morgan fingerprint density at radius 2 is 1.91 bits per heavy atom. The van der Waals surface area contributed by atoms with Crippen LogP contribution in [0.1, 0.15) is 50.9 Å². The molecule has 116 valence electrons. The van der Waals surface area contributed by atoms with Gasteiger partial charge in [-0.3, -0.25) is 0 Å². The van der Waals surface area contributed by atoms with Crippen LogP contribution in [0.4, 0.5) is 0 Å². The van der Waals surface area contributed by atoms with Crippen LogP contribution in [0, 0.1) is 10.6 Å². The van der Waals surface area contributed by atoms with Crippen molar-refractivity contribution in [2.45, 2.75) is 44.9 Å². The van der Waals surface area contributed by atoms with Gasteiger partial charge in [-0.05, 0) is 47.3 Å². The van der Waals surface area contributed by atoms with Crippen molar-refractivity contribution in [2.24, 2.45) is 5.41 Å². The van der Waals surface area contributed by atoms with Crippen LogP contribution in [0.2, 0.25) is 5.02 Å². The van der Waals surface area contributed by atoms with E-state index in [1.165, 1.54) is 0 Å². The molecular formula is C17H19ClN2O2. The number of rotatable bonds is 1. The molecule has 1 N–H and O–H groups in total. The van der Waals surface area contributed by atoms with Crippen molar-refractivity contribution >= 4 is 11.6 Å². The molecule has 2 aliphatic rings. The quantitative estimate of drug-likeness (QED) is 0.493. The summed E-state index contributed by atoms with van der Waals surface area (Å²) in [6.45, 7) is 6.57. The molecule has 1 aromatic heterocycles. The van der Waals surface area contributed by atoms with Gasteiger partial charge in [-0.25, -0.2) is 4.73 Å². The van der Waals surface area contributed by atoms with Crippen molar-refractivity contribution in [2.75, 3.05) is 0 Å². The highest BCUT2D eigenvalue weighted by Gasteiger charge is 2.66. The Hall–Kier alpha value is -1.68. The van der Waals surface area contributed by atoms with Crippen LogP contribution in [0.5, 0.6) is 0 Å². The van der Waals surface area contributed by atoms with Gasteiger partial charge in [-0.15, -0.1) is 0 Å². The van der Waals surface area contributed by atoms with Crippen molar-refractivity contribution < 1.29 is 9.94 Å². The zero-order valence-corrected chi connectivity index (χ0v) is 13.7. The molecule has 1 saturated carbocycles. The average molecular weight is 319 g/mol. The molecule has 1 heterocycles. The molecule has 0 amide bonds. The van der Waals surface area contributed by atoms with E-state index in [2.05, 4.69) is 20.8 Å². The predicted molar refractivity (Wildman–Crippen MR) is 84.1 cm³/mol. The maximum absolute atomic E-state index is 12.9. The minimum absolute atomic E-state index is 0.00711. The van der Waals surface area contributed by atoms with E-state index in [4.69, 9.17) is 11.6 Å². The molecule has 1 aromatic carbocycles. The lowest BCUT2D eigenvalue weighted by Gasteiger charge is -2.32. The van der Waals surface area contributed by atoms with Crippen LogP contribution in [-0.4, -0.2) is 9.94 Å². The molecule has 0 spiro atoms. The average Bonchev–Trinajstić information content (AvgIpc) is 2.92. The fourth-order valence-electron chi connectivity index (χ4n) is 4.57. The lowest BCUT2D eigenvalue weighted by atomic mass is 9.70. The van der Waals surface area contributed by atoms with Crippen LogP contribution in [0.25, 0.3) is 11.4 Å². The molecule has 2 unspecified atom stereocenters. The van der Waals surface area contributed by atoms with Crippen molar-refractivity contribution in [3.05, 3.63) is 45.9 Å². The lowest BCUT2D eigenvalue weighted by Crippen LogP contribution is -2.36. The highest BCUT2D eigenvalue weighted by Crippen LogP contribution is 2.67. The van der Waals surface area contributed by atoms with Gasteiger partial charge in [-0.2, -0.15) is 0 Å². The molecule has 0 saturated heterocycles. The van der Waals surface area contributed by atoms with E-state index in [9.17, 15) is 10.4 Å². The predicted octanol–water partition coefficient (Wildman–Crippen LogP) is 3.85. The van der Waals surface area contributed by atoms with E-state index in [1.807, 2.05) is 0 Å². The van der Waals surface area contributed by atoms with E-state index in [-0.39, 0.29) is 22.6 Å². The number of imidazole rings is 1. The van der Waals surface area contributed by atoms with Crippen molar-refractivity contribution in [3.8, 4) is 11.4 Å². The first kappa shape index (κ1) is 13.9. The summed E-state index contributed by atoms with van der Waals surface area (Å²) in [6, 6.07) is 7.00. The number of fused-ring (bicyclic) bond motifs is 5. The summed E-state index contributed by atoms with van der Waals surface area (Å²) < 4.78 is 2.04. The van der Waals surface area contributed by atoms with Gasteiger partial charge in [0.15, 0.2) is 11.4 Å². The van der Waals surface area contributed by atoms with E-state index >= 15 is 0 Å². The first-order valence-corrected chi connectivity index (χ1v) is 8.00. The third kappa shape index (κ3) is 1.37. The van der Waals surface area contributed by atoms with E-state index in [0.29, 0.717) is 10.6 Å². The van der Waals surface area contributed by atoms with Gasteiger partial charge in [-0.1, -0.05) is 32.4 Å². The topological polar surface area (TPSA) is 52.1 Å². The van der Waals surface area contributed by atoms with Gasteiger partial charge in [0, 0.05) is 16.4 Å². The van der Waals surface area contributed by atoms with Gasteiger partial charge in [0.2, 0.25) is 0 Å². The first-order valence-electron chi connectivity index (χ1n) is 7.63. The Kier molecular flexibility index (Phi) is 2.53. The molecule has 5 heteroatoms. The maximum Gasteiger partial charge on any atom is 0.331 e. The smallest absolute Gasteiger partial charge is 0.331 e. The van der Waals surface area contributed by atoms with Gasteiger partial charge in [0.05, 0.1) is 5.56 Å². The zero-order valence-electron chi connectivity index (χ0n) is 12.9. The zero-order chi connectivity index (χ0) is 15.9. The van der Waals surface area contributed by atoms with E-state index < -0.39 is 0 Å². The molecule has 4 rings (SSSR count). The van der Waals surface area contributed by atoms with Gasteiger partial charge < -0.3 is 10.4 Å². The Morgan fingerprint density at radius 3 is 2.50 bits per heavy atom. The SMILES string of the molecule is CC12CCC(c3c1n(O)c(-c1ccc(Cl)cc1)[n+]3[O-])C2(C)C. The number of hydrogen-bond acceptors (Lipinski definition) is 2. The summed E-state index contributed by atoms with van der Waals surface area (Å²) in [5.74, 6) is 0.486. The fourth-order valence-corrected chi connectivity index (χ4v) is 4.70. The largest absolute Gasteiger partial charge is 0.710 e. The van der Waals surface area contributed by atoms with Crippen LogP contribution in [-0.2, 0) is 5.41 Å². The minimum Gasteiger partial charge on any atom is -0.710 e. The Labute approximate surface area is 134 Å². The first-order chi connectivity index (χ1) is 10.3. The number of halogens is 1. The van der Waals surface area contributed by atoms with Crippen LogP contribution in [0.3, 0.4) is 0 Å². The van der Waals surface area contributed by atoms with Crippen molar-refractivity contribution in [1.29, 1.82) is 0 Å². The molecule has 22 heavy (non-hydrogen) atoms. The third-order valence-corrected chi connectivity index (χ3v) is 6.50. The second-order valence-corrected chi connectivity index (χ2v) is 7.75. The Balaban J connectivity index is 1.98. The standard InChI is InChI=1S/C17H19ClN2O2/c1-16(2)12-8-9-17(16,3)14-13(12)19(21)15(20(14)22)10-4-6-11(18)7-5-10/h4-7,12,22H,8-9H2,1-3H3. The second kappa shape index (κ2) is 3.99. The highest BCUT2D eigenvalue weighted by molar-refractivity contribution is 6.30. The number of nitrogens with zero attached hydrogens (tertiary/aromatic N) is 2. The summed E-state index contributed by atoms with van der Waals surface area (Å²) in [7, 11) is 0. The van der Waals surface area contributed by atoms with Crippen LogP contribution in [0.15, 0.2) is 24.3 Å². The summed E-state index contributed by atoms with van der Waals surface area (Å²) >= 11 is 5.92. The van der Waals surface area contributed by atoms with Gasteiger partial charge in [0.25, 0.3) is 0 Å². The normalized spacial score (nSPS) is 28.1. The fraction of sp³-hybridized carbons (Fsp3) is 0.471. The summed E-state index contributed by atoms with van der Waals surface area (Å²) in [4.78, 5) is 0. The van der Waals surface area contributed by atoms with E-state index in [0.717, 1.165) is 33.7 Å². The van der Waals surface area contributed by atoms with Crippen LogP contribution >= 0.6 is 11.6 Å². The third-order valence-electron chi connectivity index (χ3n) is 6.25. The number of hydrogen-bond donors (Lipinski definition) is 1. The molecule has 2 aromatic rings. The molecule has 1 fully saturated rings.